The summed E-state index contributed by atoms with van der Waals surface area (Å²) in [5.74, 6) is 0.373. The van der Waals surface area contributed by atoms with E-state index in [2.05, 4.69) is 4.90 Å². The van der Waals surface area contributed by atoms with Gasteiger partial charge in [0.15, 0.2) is 0 Å². The summed E-state index contributed by atoms with van der Waals surface area (Å²) in [7, 11) is 0. The Hall–Kier alpha value is -0.610. The predicted octanol–water partition coefficient (Wildman–Crippen LogP) is 1.81. The molecule has 106 valence electrons. The van der Waals surface area contributed by atoms with Gasteiger partial charge in [-0.1, -0.05) is 6.42 Å². The molecular formula is C14H27NO3. The summed E-state index contributed by atoms with van der Waals surface area (Å²) in [4.78, 5) is 13.5. The number of hydrogen-bond donors (Lipinski definition) is 1. The molecule has 0 aliphatic carbocycles. The van der Waals surface area contributed by atoms with Crippen LogP contribution in [0.1, 0.15) is 46.0 Å². The first-order valence-corrected chi connectivity index (χ1v) is 7.19. The van der Waals surface area contributed by atoms with E-state index in [0.717, 1.165) is 45.3 Å². The Labute approximate surface area is 110 Å². The SMILES string of the molecule is CCOC(=O)CCCCCN1CCC(C(C)O)C1. The monoisotopic (exact) mass is 257 g/mol. The molecule has 4 nitrogen and oxygen atoms in total. The predicted molar refractivity (Wildman–Crippen MR) is 71.3 cm³/mol. The Morgan fingerprint density at radius 3 is 2.83 bits per heavy atom. The standard InChI is InChI=1S/C14H27NO3/c1-3-18-14(17)7-5-4-6-9-15-10-8-13(11-15)12(2)16/h12-13,16H,3-11H2,1-2H3. The van der Waals surface area contributed by atoms with Crippen molar-refractivity contribution in [2.45, 2.75) is 52.1 Å². The molecular weight excluding hydrogens is 230 g/mol. The van der Waals surface area contributed by atoms with E-state index in [4.69, 9.17) is 4.74 Å². The quantitative estimate of drug-likeness (QED) is 0.532. The van der Waals surface area contributed by atoms with Gasteiger partial charge >= 0.3 is 5.97 Å². The molecule has 0 amide bonds. The maximum atomic E-state index is 11.1. The summed E-state index contributed by atoms with van der Waals surface area (Å²) >= 11 is 0. The second kappa shape index (κ2) is 8.48. The van der Waals surface area contributed by atoms with Gasteiger partial charge in [-0.05, 0) is 52.1 Å². The third-order valence-corrected chi connectivity index (χ3v) is 3.65. The van der Waals surface area contributed by atoms with Crippen LogP contribution in [-0.2, 0) is 9.53 Å². The van der Waals surface area contributed by atoms with Gasteiger partial charge in [0.1, 0.15) is 0 Å². The first-order chi connectivity index (χ1) is 8.63. The number of aliphatic hydroxyl groups is 1. The zero-order valence-corrected chi connectivity index (χ0v) is 11.7. The van der Waals surface area contributed by atoms with E-state index in [1.807, 2.05) is 13.8 Å². The van der Waals surface area contributed by atoms with Crippen LogP contribution in [0.5, 0.6) is 0 Å². The molecule has 0 spiro atoms. The fourth-order valence-electron chi connectivity index (χ4n) is 2.47. The highest BCUT2D eigenvalue weighted by Gasteiger charge is 2.25. The van der Waals surface area contributed by atoms with Crippen molar-refractivity contribution < 1.29 is 14.6 Å². The maximum absolute atomic E-state index is 11.1. The van der Waals surface area contributed by atoms with Crippen molar-refractivity contribution in [1.82, 2.24) is 4.90 Å². The molecule has 2 atom stereocenters. The number of carbonyl (C=O) groups excluding carboxylic acids is 1. The van der Waals surface area contributed by atoms with Crippen LogP contribution in [0.4, 0.5) is 0 Å². The Kier molecular flexibility index (Phi) is 7.28. The normalized spacial score (nSPS) is 22.1. The van der Waals surface area contributed by atoms with E-state index in [0.29, 0.717) is 18.9 Å². The van der Waals surface area contributed by atoms with Gasteiger partial charge in [-0.25, -0.2) is 0 Å². The number of likely N-dealkylation sites (tertiary alicyclic amines) is 1. The van der Waals surface area contributed by atoms with Gasteiger partial charge < -0.3 is 14.7 Å². The van der Waals surface area contributed by atoms with E-state index in [1.165, 1.54) is 0 Å². The van der Waals surface area contributed by atoms with Crippen molar-refractivity contribution in [3.63, 3.8) is 0 Å². The number of esters is 1. The molecule has 0 aromatic carbocycles. The number of rotatable bonds is 8. The third kappa shape index (κ3) is 5.83. The van der Waals surface area contributed by atoms with E-state index in [9.17, 15) is 9.90 Å². The van der Waals surface area contributed by atoms with Crippen molar-refractivity contribution in [3.8, 4) is 0 Å². The smallest absolute Gasteiger partial charge is 0.305 e. The average Bonchev–Trinajstić information content (AvgIpc) is 2.78. The van der Waals surface area contributed by atoms with Crippen LogP contribution >= 0.6 is 0 Å². The number of nitrogens with zero attached hydrogens (tertiary/aromatic N) is 1. The van der Waals surface area contributed by atoms with Crippen molar-refractivity contribution in [1.29, 1.82) is 0 Å². The third-order valence-electron chi connectivity index (χ3n) is 3.65. The molecule has 0 bridgehead atoms. The molecule has 1 aliphatic rings. The molecule has 2 unspecified atom stereocenters. The van der Waals surface area contributed by atoms with Crippen molar-refractivity contribution in [3.05, 3.63) is 0 Å². The van der Waals surface area contributed by atoms with Gasteiger partial charge in [-0.15, -0.1) is 0 Å². The Morgan fingerprint density at radius 2 is 2.22 bits per heavy atom. The number of hydrogen-bond acceptors (Lipinski definition) is 4. The topological polar surface area (TPSA) is 49.8 Å². The zero-order chi connectivity index (χ0) is 13.4. The van der Waals surface area contributed by atoms with Crippen LogP contribution < -0.4 is 0 Å². The molecule has 0 radical (unpaired) electrons. The lowest BCUT2D eigenvalue weighted by molar-refractivity contribution is -0.143. The van der Waals surface area contributed by atoms with Gasteiger partial charge in [-0.3, -0.25) is 4.79 Å². The fraction of sp³-hybridized carbons (Fsp3) is 0.929. The number of ether oxygens (including phenoxy) is 1. The first kappa shape index (κ1) is 15.4. The lowest BCUT2D eigenvalue weighted by atomic mass is 10.0. The van der Waals surface area contributed by atoms with E-state index in [-0.39, 0.29) is 12.1 Å². The van der Waals surface area contributed by atoms with E-state index >= 15 is 0 Å². The largest absolute Gasteiger partial charge is 0.466 e. The highest BCUT2D eigenvalue weighted by atomic mass is 16.5. The lowest BCUT2D eigenvalue weighted by Gasteiger charge is -2.17. The molecule has 1 fully saturated rings. The van der Waals surface area contributed by atoms with Crippen LogP contribution in [0.25, 0.3) is 0 Å². The summed E-state index contributed by atoms with van der Waals surface area (Å²) in [6.45, 7) is 7.42. The highest BCUT2D eigenvalue weighted by molar-refractivity contribution is 5.69. The molecule has 1 saturated heterocycles. The number of aliphatic hydroxyl groups excluding tert-OH is 1. The second-order valence-electron chi connectivity index (χ2n) is 5.21. The zero-order valence-electron chi connectivity index (χ0n) is 11.7. The second-order valence-corrected chi connectivity index (χ2v) is 5.21. The van der Waals surface area contributed by atoms with Gasteiger partial charge in [0.05, 0.1) is 12.7 Å². The van der Waals surface area contributed by atoms with Crippen LogP contribution in [0.3, 0.4) is 0 Å². The first-order valence-electron chi connectivity index (χ1n) is 7.19. The summed E-state index contributed by atoms with van der Waals surface area (Å²) in [6.07, 6.45) is 4.61. The van der Waals surface area contributed by atoms with Crippen LogP contribution in [0.2, 0.25) is 0 Å². The van der Waals surface area contributed by atoms with Crippen molar-refractivity contribution >= 4 is 5.97 Å². The molecule has 1 N–H and O–H groups in total. The summed E-state index contributed by atoms with van der Waals surface area (Å²) in [5.41, 5.74) is 0. The van der Waals surface area contributed by atoms with Gasteiger partial charge in [0, 0.05) is 13.0 Å². The molecule has 18 heavy (non-hydrogen) atoms. The van der Waals surface area contributed by atoms with Crippen LogP contribution in [-0.4, -0.2) is 48.3 Å². The van der Waals surface area contributed by atoms with Gasteiger partial charge in [0.25, 0.3) is 0 Å². The highest BCUT2D eigenvalue weighted by Crippen LogP contribution is 2.19. The molecule has 1 heterocycles. The maximum Gasteiger partial charge on any atom is 0.305 e. The number of carbonyl (C=O) groups is 1. The summed E-state index contributed by atoms with van der Waals surface area (Å²) in [6, 6.07) is 0. The fourth-order valence-corrected chi connectivity index (χ4v) is 2.47. The average molecular weight is 257 g/mol. The Bertz CT molecular complexity index is 243. The van der Waals surface area contributed by atoms with Gasteiger partial charge in [0.2, 0.25) is 0 Å². The van der Waals surface area contributed by atoms with Crippen LogP contribution in [0, 0.1) is 5.92 Å². The minimum absolute atomic E-state index is 0.0761. The summed E-state index contributed by atoms with van der Waals surface area (Å²) < 4.78 is 4.89. The molecule has 1 rings (SSSR count). The number of unbranched alkanes of at least 4 members (excludes halogenated alkanes) is 2. The van der Waals surface area contributed by atoms with Crippen molar-refractivity contribution in [2.75, 3.05) is 26.2 Å². The Balaban J connectivity index is 1.97. The van der Waals surface area contributed by atoms with Gasteiger partial charge in [-0.2, -0.15) is 0 Å². The molecule has 0 aromatic heterocycles. The van der Waals surface area contributed by atoms with E-state index < -0.39 is 0 Å². The van der Waals surface area contributed by atoms with E-state index in [1.54, 1.807) is 0 Å². The lowest BCUT2D eigenvalue weighted by Crippen LogP contribution is -2.25. The molecule has 1 aliphatic heterocycles. The molecule has 0 saturated carbocycles. The minimum atomic E-state index is -0.182. The van der Waals surface area contributed by atoms with Crippen LogP contribution in [0.15, 0.2) is 0 Å². The minimum Gasteiger partial charge on any atom is -0.466 e. The molecule has 0 aromatic rings. The Morgan fingerprint density at radius 1 is 1.44 bits per heavy atom. The van der Waals surface area contributed by atoms with Crippen molar-refractivity contribution in [2.24, 2.45) is 5.92 Å². The summed E-state index contributed by atoms with van der Waals surface area (Å²) in [5, 5.41) is 9.51. The molecule has 4 heteroatoms.